The fourth-order valence-corrected chi connectivity index (χ4v) is 6.80. The maximum atomic E-state index is 13.3. The van der Waals surface area contributed by atoms with Crippen LogP contribution in [-0.4, -0.2) is 68.7 Å². The summed E-state index contributed by atoms with van der Waals surface area (Å²) in [7, 11) is 0. The highest BCUT2D eigenvalue weighted by atomic mass is 16.6. The summed E-state index contributed by atoms with van der Waals surface area (Å²) >= 11 is 0. The molecule has 1 unspecified atom stereocenters. The van der Waals surface area contributed by atoms with Crippen LogP contribution in [0.15, 0.2) is 35.6 Å². The van der Waals surface area contributed by atoms with Crippen LogP contribution in [0.1, 0.15) is 60.5 Å². The van der Waals surface area contributed by atoms with E-state index in [9.17, 15) is 19.5 Å². The lowest BCUT2D eigenvalue weighted by atomic mass is 9.98. The standard InChI is InChI=1S/C31H32N4O6/c1-2-20-21-14-19(41-31(39)34-12-8-18(9-13-34)33-10-4-3-5-11-33)6-7-25(21)32-27-23(20)16-35-26(27)15-22-24(29(35)37)17-40-30(38)28(22)36/h2,6-7,14-15,18,28,36H,1,3-5,8-13,16-17H2. The Morgan fingerprint density at radius 2 is 1.85 bits per heavy atom. The third-order valence-corrected chi connectivity index (χ3v) is 9.01. The number of ether oxygens (including phenoxy) is 2. The van der Waals surface area contributed by atoms with E-state index in [1.54, 1.807) is 39.8 Å². The van der Waals surface area contributed by atoms with Crippen molar-refractivity contribution >= 4 is 29.0 Å². The van der Waals surface area contributed by atoms with Crippen LogP contribution in [0.25, 0.3) is 28.4 Å². The Hall–Kier alpha value is -4.02. The van der Waals surface area contributed by atoms with Crippen LogP contribution in [0.3, 0.4) is 0 Å². The molecule has 4 aliphatic rings. The molecule has 1 aromatic carbocycles. The summed E-state index contributed by atoms with van der Waals surface area (Å²) in [4.78, 5) is 47.5. The van der Waals surface area contributed by atoms with Crippen molar-refractivity contribution in [2.24, 2.45) is 0 Å². The van der Waals surface area contributed by atoms with Crippen LogP contribution in [-0.2, 0) is 22.7 Å². The number of carbonyl (C=O) groups is 2. The van der Waals surface area contributed by atoms with Gasteiger partial charge in [0.2, 0.25) is 0 Å². The Morgan fingerprint density at radius 1 is 1.07 bits per heavy atom. The minimum absolute atomic E-state index is 0.172. The van der Waals surface area contributed by atoms with Gasteiger partial charge in [0.1, 0.15) is 12.4 Å². The van der Waals surface area contributed by atoms with Gasteiger partial charge in [0, 0.05) is 35.6 Å². The topological polar surface area (TPSA) is 114 Å². The number of cyclic esters (lactones) is 1. The number of pyridine rings is 2. The maximum Gasteiger partial charge on any atom is 0.415 e. The van der Waals surface area contributed by atoms with Gasteiger partial charge in [-0.2, -0.15) is 0 Å². The van der Waals surface area contributed by atoms with Gasteiger partial charge in [0.05, 0.1) is 29.0 Å². The molecule has 7 rings (SSSR count). The summed E-state index contributed by atoms with van der Waals surface area (Å²) in [5.74, 6) is -0.348. The molecule has 1 N–H and O–H groups in total. The van der Waals surface area contributed by atoms with Crippen molar-refractivity contribution < 1.29 is 24.2 Å². The monoisotopic (exact) mass is 556 g/mol. The van der Waals surface area contributed by atoms with Gasteiger partial charge in [0.15, 0.2) is 6.10 Å². The zero-order chi connectivity index (χ0) is 28.2. The molecule has 10 heteroatoms. The van der Waals surface area contributed by atoms with Gasteiger partial charge in [-0.25, -0.2) is 14.6 Å². The molecule has 2 aromatic heterocycles. The van der Waals surface area contributed by atoms with E-state index < -0.39 is 12.1 Å². The molecule has 0 saturated carbocycles. The number of nitrogens with zero attached hydrogens (tertiary/aromatic N) is 4. The number of hydrogen-bond acceptors (Lipinski definition) is 8. The molecule has 0 aliphatic carbocycles. The van der Waals surface area contributed by atoms with E-state index in [4.69, 9.17) is 14.5 Å². The smallest absolute Gasteiger partial charge is 0.415 e. The second-order valence-corrected chi connectivity index (χ2v) is 11.3. The predicted octanol–water partition coefficient (Wildman–Crippen LogP) is 3.61. The average Bonchev–Trinajstić information content (AvgIpc) is 3.37. The van der Waals surface area contributed by atoms with Crippen LogP contribution in [0.5, 0.6) is 5.75 Å². The number of aromatic nitrogens is 2. The molecule has 0 radical (unpaired) electrons. The zero-order valence-electron chi connectivity index (χ0n) is 22.8. The number of amides is 1. The molecule has 3 aromatic rings. The van der Waals surface area contributed by atoms with E-state index in [1.807, 2.05) is 0 Å². The number of benzene rings is 1. The van der Waals surface area contributed by atoms with E-state index in [1.165, 1.54) is 19.3 Å². The van der Waals surface area contributed by atoms with Gasteiger partial charge < -0.3 is 28.9 Å². The number of hydrogen-bond donors (Lipinski definition) is 1. The lowest BCUT2D eigenvalue weighted by Crippen LogP contribution is -2.48. The molecule has 4 aliphatic heterocycles. The van der Waals surface area contributed by atoms with Crippen molar-refractivity contribution in [1.29, 1.82) is 0 Å². The van der Waals surface area contributed by atoms with Crippen molar-refractivity contribution in [1.82, 2.24) is 19.4 Å². The number of piperidine rings is 2. The average molecular weight is 557 g/mol. The van der Waals surface area contributed by atoms with Crippen LogP contribution >= 0.6 is 0 Å². The Kier molecular flexibility index (Phi) is 6.39. The van der Waals surface area contributed by atoms with E-state index in [2.05, 4.69) is 11.5 Å². The Bertz CT molecular complexity index is 1650. The third-order valence-electron chi connectivity index (χ3n) is 9.01. The number of carbonyl (C=O) groups excluding carboxylic acids is 2. The highest BCUT2D eigenvalue weighted by Crippen LogP contribution is 2.39. The first-order valence-corrected chi connectivity index (χ1v) is 14.3. The lowest BCUT2D eigenvalue weighted by molar-refractivity contribution is -0.157. The van der Waals surface area contributed by atoms with Crippen LogP contribution in [0.2, 0.25) is 0 Å². The first-order valence-electron chi connectivity index (χ1n) is 14.3. The summed E-state index contributed by atoms with van der Waals surface area (Å²) in [6.45, 7) is 7.79. The number of aliphatic hydroxyl groups excluding tert-OH is 1. The normalized spacial score (nSPS) is 20.8. The fraction of sp³-hybridized carbons (Fsp3) is 0.419. The van der Waals surface area contributed by atoms with E-state index in [0.717, 1.165) is 42.4 Å². The number of esters is 1. The van der Waals surface area contributed by atoms with E-state index >= 15 is 0 Å². The molecule has 2 fully saturated rings. The van der Waals surface area contributed by atoms with E-state index in [0.29, 0.717) is 41.8 Å². The second kappa shape index (κ2) is 10.1. The van der Waals surface area contributed by atoms with Crippen molar-refractivity contribution in [2.45, 2.75) is 57.4 Å². The summed E-state index contributed by atoms with van der Waals surface area (Å²) in [5.41, 5.74) is 3.59. The van der Waals surface area contributed by atoms with Gasteiger partial charge in [-0.15, -0.1) is 0 Å². The molecule has 10 nitrogen and oxygen atoms in total. The quantitative estimate of drug-likeness (QED) is 0.381. The summed E-state index contributed by atoms with van der Waals surface area (Å²) in [6.07, 6.45) is 5.63. The maximum absolute atomic E-state index is 13.3. The zero-order valence-corrected chi connectivity index (χ0v) is 22.8. The van der Waals surface area contributed by atoms with Crippen LogP contribution in [0, 0.1) is 0 Å². The van der Waals surface area contributed by atoms with Crippen LogP contribution < -0.4 is 10.3 Å². The lowest BCUT2D eigenvalue weighted by Gasteiger charge is -2.39. The summed E-state index contributed by atoms with van der Waals surface area (Å²) < 4.78 is 12.4. The highest BCUT2D eigenvalue weighted by molar-refractivity contribution is 5.94. The van der Waals surface area contributed by atoms with Crippen molar-refractivity contribution in [3.63, 3.8) is 0 Å². The van der Waals surface area contributed by atoms with Gasteiger partial charge in [-0.3, -0.25) is 4.79 Å². The molecule has 6 heterocycles. The Morgan fingerprint density at radius 3 is 2.61 bits per heavy atom. The number of likely N-dealkylation sites (tertiary alicyclic amines) is 2. The summed E-state index contributed by atoms with van der Waals surface area (Å²) in [6, 6.07) is 7.51. The largest absolute Gasteiger partial charge is 0.458 e. The molecule has 41 heavy (non-hydrogen) atoms. The van der Waals surface area contributed by atoms with Crippen molar-refractivity contribution in [3.05, 3.63) is 63.5 Å². The van der Waals surface area contributed by atoms with Gasteiger partial charge in [0.25, 0.3) is 5.56 Å². The predicted molar refractivity (Wildman–Crippen MR) is 151 cm³/mol. The SMILES string of the molecule is C=Cc1c2c(nc3ccc(OC(=O)N4CCC(N5CCCCC5)CC4)cc13)-c1cc3c(c(=O)n1C2)COC(=O)C3O. The molecule has 1 atom stereocenters. The first-order chi connectivity index (χ1) is 19.9. The molecule has 1 amide bonds. The number of aliphatic hydroxyl groups is 1. The van der Waals surface area contributed by atoms with Crippen LogP contribution in [0.4, 0.5) is 4.79 Å². The molecular formula is C31H32N4O6. The fourth-order valence-electron chi connectivity index (χ4n) is 6.80. The molecule has 2 saturated heterocycles. The third kappa shape index (κ3) is 4.33. The summed E-state index contributed by atoms with van der Waals surface area (Å²) in [5, 5.41) is 11.1. The van der Waals surface area contributed by atoms with Crippen molar-refractivity contribution in [2.75, 3.05) is 26.2 Å². The Labute approximate surface area is 236 Å². The minimum atomic E-state index is -1.51. The molecule has 212 valence electrons. The molecule has 0 bridgehead atoms. The Balaban J connectivity index is 1.15. The minimum Gasteiger partial charge on any atom is -0.458 e. The van der Waals surface area contributed by atoms with Gasteiger partial charge >= 0.3 is 12.1 Å². The first kappa shape index (κ1) is 25.9. The second-order valence-electron chi connectivity index (χ2n) is 11.3. The number of rotatable bonds is 3. The van der Waals surface area contributed by atoms with E-state index in [-0.39, 0.29) is 35.9 Å². The molecular weight excluding hydrogens is 524 g/mol. The highest BCUT2D eigenvalue weighted by Gasteiger charge is 2.35. The van der Waals surface area contributed by atoms with Gasteiger partial charge in [-0.1, -0.05) is 19.1 Å². The molecule has 0 spiro atoms. The van der Waals surface area contributed by atoms with Crippen molar-refractivity contribution in [3.8, 4) is 17.1 Å². The number of fused-ring (bicyclic) bond motifs is 5. The van der Waals surface area contributed by atoms with Gasteiger partial charge in [-0.05, 0) is 68.6 Å².